The summed E-state index contributed by atoms with van der Waals surface area (Å²) in [6.07, 6.45) is 0.257. The molecular weight excluding hydrogens is 804 g/mol. The number of aliphatic hydroxyl groups is 1. The van der Waals surface area contributed by atoms with Crippen molar-refractivity contribution in [1.82, 2.24) is 21.3 Å². The van der Waals surface area contributed by atoms with Gasteiger partial charge in [0, 0.05) is 26.6 Å². The first-order valence-electron chi connectivity index (χ1n) is 20.6. The zero-order valence-electron chi connectivity index (χ0n) is 36.0. The third-order valence-electron chi connectivity index (χ3n) is 8.39. The van der Waals surface area contributed by atoms with Crippen molar-refractivity contribution in [3.8, 4) is 5.75 Å². The van der Waals surface area contributed by atoms with Crippen LogP contribution in [0.15, 0.2) is 24.3 Å². The normalized spacial score (nSPS) is 12.7. The summed E-state index contributed by atoms with van der Waals surface area (Å²) < 4.78 is 48.3. The van der Waals surface area contributed by atoms with Crippen molar-refractivity contribution < 1.29 is 71.7 Å². The first-order valence-corrected chi connectivity index (χ1v) is 20.6. The van der Waals surface area contributed by atoms with Crippen LogP contribution in [0.4, 0.5) is 4.79 Å². The standard InChI is InChI=1S/C40H70N6O15/c1-30(2)36(38(50)45-34(5-4-12-44-40(42)52)39(51)61-32-8-6-31(29-47)7-9-32)46-35(48)11-10-33(41)37(49)43-13-14-54-17-18-56-21-22-58-25-26-60-28-27-59-24-23-57-20-19-55-16-15-53-3/h6-9,30,33-34,36,47H,4-5,10-29,41H2,1-3H3,(H,43,49)(H,45,50)(H,46,48)(H3,42,44,52)/t33-,34-,36-/m0/s1. The second kappa shape index (κ2) is 36.6. The molecule has 0 aliphatic carbocycles. The minimum atomic E-state index is -1.12. The Morgan fingerprint density at radius 1 is 0.639 bits per heavy atom. The molecule has 0 bridgehead atoms. The molecule has 0 aromatic heterocycles. The lowest BCUT2D eigenvalue weighted by molar-refractivity contribution is -0.140. The van der Waals surface area contributed by atoms with Gasteiger partial charge in [-0.2, -0.15) is 0 Å². The van der Waals surface area contributed by atoms with Crippen LogP contribution in [-0.2, 0) is 63.7 Å². The van der Waals surface area contributed by atoms with E-state index in [-0.39, 0.29) is 63.7 Å². The number of hydrogen-bond acceptors (Lipinski definition) is 16. The average molecular weight is 875 g/mol. The number of urea groups is 1. The highest BCUT2D eigenvalue weighted by Gasteiger charge is 2.30. The van der Waals surface area contributed by atoms with Gasteiger partial charge in [0.25, 0.3) is 0 Å². The molecule has 5 amide bonds. The van der Waals surface area contributed by atoms with E-state index >= 15 is 0 Å². The molecule has 0 saturated carbocycles. The molecule has 0 spiro atoms. The fourth-order valence-electron chi connectivity index (χ4n) is 5.02. The number of carbonyl (C=O) groups excluding carboxylic acids is 5. The van der Waals surface area contributed by atoms with E-state index in [0.29, 0.717) is 98.1 Å². The van der Waals surface area contributed by atoms with E-state index in [4.69, 9.17) is 54.1 Å². The lowest BCUT2D eigenvalue weighted by Gasteiger charge is -2.25. The molecule has 0 unspecified atom stereocenters. The summed E-state index contributed by atoms with van der Waals surface area (Å²) in [5.74, 6) is -2.53. The van der Waals surface area contributed by atoms with Gasteiger partial charge in [-0.3, -0.25) is 14.4 Å². The summed E-state index contributed by atoms with van der Waals surface area (Å²) in [6, 6.07) is 2.33. The van der Waals surface area contributed by atoms with Gasteiger partial charge < -0.3 is 80.5 Å². The Morgan fingerprint density at radius 2 is 1.13 bits per heavy atom. The van der Waals surface area contributed by atoms with E-state index in [0.717, 1.165) is 0 Å². The number of benzene rings is 1. The number of ether oxygens (including phenoxy) is 9. The maximum absolute atomic E-state index is 13.4. The molecule has 1 rings (SSSR count). The van der Waals surface area contributed by atoms with Crippen molar-refractivity contribution in [2.24, 2.45) is 17.4 Å². The van der Waals surface area contributed by atoms with Gasteiger partial charge in [-0.1, -0.05) is 26.0 Å². The second-order valence-electron chi connectivity index (χ2n) is 13.7. The Morgan fingerprint density at radius 3 is 1.59 bits per heavy atom. The molecule has 0 heterocycles. The summed E-state index contributed by atoms with van der Waals surface area (Å²) in [5, 5.41) is 19.7. The molecule has 0 fully saturated rings. The Kier molecular flexibility index (Phi) is 33.0. The van der Waals surface area contributed by atoms with Gasteiger partial charge in [0.15, 0.2) is 0 Å². The molecule has 0 radical (unpaired) electrons. The summed E-state index contributed by atoms with van der Waals surface area (Å²) in [4.78, 5) is 62.8. The van der Waals surface area contributed by atoms with Crippen molar-refractivity contribution in [3.63, 3.8) is 0 Å². The van der Waals surface area contributed by atoms with E-state index in [9.17, 15) is 29.1 Å². The molecular formula is C40H70N6O15. The third kappa shape index (κ3) is 29.8. The fraction of sp³-hybridized carbons (Fsp3) is 0.725. The van der Waals surface area contributed by atoms with Gasteiger partial charge >= 0.3 is 12.0 Å². The van der Waals surface area contributed by atoms with Crippen molar-refractivity contribution in [1.29, 1.82) is 0 Å². The molecule has 350 valence electrons. The van der Waals surface area contributed by atoms with Gasteiger partial charge in [-0.15, -0.1) is 0 Å². The van der Waals surface area contributed by atoms with Gasteiger partial charge in [-0.25, -0.2) is 9.59 Å². The number of amides is 5. The SMILES string of the molecule is COCCOCCOCCOCCOCCOCCOCCOCCNC(=O)[C@@H](N)CCC(=O)N[C@H](C(=O)N[C@@H](CCCNC(N)=O)C(=O)Oc1ccc(CO)cc1)C(C)C. The maximum Gasteiger partial charge on any atom is 0.334 e. The predicted octanol–water partition coefficient (Wildman–Crippen LogP) is -0.855. The first-order chi connectivity index (χ1) is 29.5. The topological polar surface area (TPSA) is 289 Å². The Balaban J connectivity index is 2.21. The predicted molar refractivity (Wildman–Crippen MR) is 221 cm³/mol. The summed E-state index contributed by atoms with van der Waals surface area (Å²) in [6.45, 7) is 10.2. The van der Waals surface area contributed by atoms with Crippen LogP contribution in [-0.4, -0.2) is 172 Å². The second-order valence-corrected chi connectivity index (χ2v) is 13.7. The zero-order valence-corrected chi connectivity index (χ0v) is 36.0. The molecule has 0 aliphatic heterocycles. The monoisotopic (exact) mass is 874 g/mol. The molecule has 1 aromatic rings. The minimum absolute atomic E-state index is 0.0156. The van der Waals surface area contributed by atoms with Crippen LogP contribution in [0, 0.1) is 5.92 Å². The molecule has 21 nitrogen and oxygen atoms in total. The zero-order chi connectivity index (χ0) is 44.9. The largest absolute Gasteiger partial charge is 0.425 e. The van der Waals surface area contributed by atoms with Crippen LogP contribution >= 0.6 is 0 Å². The van der Waals surface area contributed by atoms with E-state index < -0.39 is 47.8 Å². The maximum atomic E-state index is 13.4. The smallest absolute Gasteiger partial charge is 0.334 e. The fourth-order valence-corrected chi connectivity index (χ4v) is 5.02. The van der Waals surface area contributed by atoms with Gasteiger partial charge in [0.1, 0.15) is 17.8 Å². The number of nitrogens with one attached hydrogen (secondary N) is 4. The lowest BCUT2D eigenvalue weighted by Crippen LogP contribution is -2.54. The van der Waals surface area contributed by atoms with Crippen LogP contribution < -0.4 is 37.5 Å². The van der Waals surface area contributed by atoms with Crippen molar-refractivity contribution in [2.45, 2.75) is 64.3 Å². The number of primary amides is 1. The lowest BCUT2D eigenvalue weighted by atomic mass is 10.0. The minimum Gasteiger partial charge on any atom is -0.425 e. The van der Waals surface area contributed by atoms with Gasteiger partial charge in [0.05, 0.1) is 112 Å². The van der Waals surface area contributed by atoms with E-state index in [1.54, 1.807) is 33.1 Å². The molecule has 9 N–H and O–H groups in total. The number of aliphatic hydroxyl groups excluding tert-OH is 1. The number of rotatable bonds is 39. The summed E-state index contributed by atoms with van der Waals surface area (Å²) in [5.41, 5.74) is 11.7. The average Bonchev–Trinajstić information content (AvgIpc) is 3.24. The first kappa shape index (κ1) is 55.0. The van der Waals surface area contributed by atoms with Crippen molar-refractivity contribution in [2.75, 3.05) is 119 Å². The van der Waals surface area contributed by atoms with Crippen LogP contribution in [0.1, 0.15) is 45.1 Å². The van der Waals surface area contributed by atoms with Crippen molar-refractivity contribution >= 4 is 29.7 Å². The molecule has 0 aliphatic rings. The Hall–Kier alpha value is -4.03. The highest BCUT2D eigenvalue weighted by Crippen LogP contribution is 2.14. The third-order valence-corrected chi connectivity index (χ3v) is 8.39. The highest BCUT2D eigenvalue weighted by atomic mass is 16.6. The van der Waals surface area contributed by atoms with Crippen molar-refractivity contribution in [3.05, 3.63) is 29.8 Å². The Labute approximate surface area is 358 Å². The van der Waals surface area contributed by atoms with Crippen LogP contribution in [0.5, 0.6) is 5.75 Å². The van der Waals surface area contributed by atoms with E-state index in [1.165, 1.54) is 12.1 Å². The number of hydrogen-bond donors (Lipinski definition) is 7. The van der Waals surface area contributed by atoms with Crippen LogP contribution in [0.2, 0.25) is 0 Å². The number of methoxy groups -OCH3 is 1. The van der Waals surface area contributed by atoms with Gasteiger partial charge in [0.2, 0.25) is 17.7 Å². The number of carbonyl (C=O) groups is 5. The molecule has 3 atom stereocenters. The quantitative estimate of drug-likeness (QED) is 0.0241. The summed E-state index contributed by atoms with van der Waals surface area (Å²) >= 11 is 0. The highest BCUT2D eigenvalue weighted by molar-refractivity contribution is 5.91. The Bertz CT molecular complexity index is 1330. The van der Waals surface area contributed by atoms with E-state index in [1.807, 2.05) is 0 Å². The molecule has 0 saturated heterocycles. The molecule has 21 heteroatoms. The van der Waals surface area contributed by atoms with Gasteiger partial charge in [-0.05, 0) is 42.9 Å². The number of esters is 1. The van der Waals surface area contributed by atoms with Crippen LogP contribution in [0.3, 0.4) is 0 Å². The number of nitrogens with two attached hydrogens (primary N) is 2. The summed E-state index contributed by atoms with van der Waals surface area (Å²) in [7, 11) is 1.63. The van der Waals surface area contributed by atoms with Crippen LogP contribution in [0.25, 0.3) is 0 Å². The molecule has 61 heavy (non-hydrogen) atoms. The molecule has 1 aromatic carbocycles. The van der Waals surface area contributed by atoms with E-state index in [2.05, 4.69) is 21.3 Å².